The van der Waals surface area contributed by atoms with Crippen molar-refractivity contribution in [2.24, 2.45) is 5.92 Å². The van der Waals surface area contributed by atoms with Gasteiger partial charge in [-0.1, -0.05) is 29.8 Å². The van der Waals surface area contributed by atoms with Crippen LogP contribution in [0.5, 0.6) is 0 Å². The van der Waals surface area contributed by atoms with E-state index in [-0.39, 0.29) is 12.0 Å². The molecule has 5 heteroatoms. The second-order valence-corrected chi connectivity index (χ2v) is 6.74. The minimum atomic E-state index is -3.39. The summed E-state index contributed by atoms with van der Waals surface area (Å²) in [6.45, 7) is 5.82. The fourth-order valence-corrected chi connectivity index (χ4v) is 2.72. The van der Waals surface area contributed by atoms with Gasteiger partial charge < -0.3 is 0 Å². The Kier molecular flexibility index (Phi) is 4.52. The molecule has 1 rings (SSSR count). The van der Waals surface area contributed by atoms with Crippen molar-refractivity contribution >= 4 is 26.0 Å². The van der Waals surface area contributed by atoms with Gasteiger partial charge in [0.1, 0.15) is 0 Å². The molecule has 1 atom stereocenters. The lowest BCUT2D eigenvalue weighted by Crippen LogP contribution is -2.36. The van der Waals surface area contributed by atoms with E-state index < -0.39 is 10.0 Å². The summed E-state index contributed by atoms with van der Waals surface area (Å²) < 4.78 is 27.4. The molecule has 0 aromatic heterocycles. The summed E-state index contributed by atoms with van der Waals surface area (Å²) >= 11 is 3.27. The zero-order valence-electron chi connectivity index (χ0n) is 9.57. The van der Waals surface area contributed by atoms with E-state index in [9.17, 15) is 8.42 Å². The number of halogens is 1. The summed E-state index contributed by atoms with van der Waals surface area (Å²) in [6.07, 6.45) is 0. The predicted octanol–water partition coefficient (Wildman–Crippen LogP) is 2.77. The summed E-state index contributed by atoms with van der Waals surface area (Å²) in [7, 11) is -3.39. The Morgan fingerprint density at radius 2 is 1.62 bits per heavy atom. The standard InChI is InChI=1S/C11H16BrNO2S/c1-8(2)9(3)13-16(14,15)11-6-4-10(12)5-7-11/h4-9,13H,1-3H3. The van der Waals surface area contributed by atoms with Crippen molar-refractivity contribution in [2.75, 3.05) is 0 Å². The molecule has 0 fully saturated rings. The molecule has 0 saturated carbocycles. The molecule has 0 saturated heterocycles. The van der Waals surface area contributed by atoms with Crippen molar-refractivity contribution in [1.82, 2.24) is 4.72 Å². The zero-order chi connectivity index (χ0) is 12.3. The van der Waals surface area contributed by atoms with Gasteiger partial charge in [-0.15, -0.1) is 0 Å². The van der Waals surface area contributed by atoms with Crippen molar-refractivity contribution in [3.63, 3.8) is 0 Å². The molecular weight excluding hydrogens is 290 g/mol. The van der Waals surface area contributed by atoms with Gasteiger partial charge in [0, 0.05) is 10.5 Å². The van der Waals surface area contributed by atoms with Crippen molar-refractivity contribution < 1.29 is 8.42 Å². The number of benzene rings is 1. The van der Waals surface area contributed by atoms with Crippen LogP contribution in [0, 0.1) is 5.92 Å². The fraction of sp³-hybridized carbons (Fsp3) is 0.455. The average molecular weight is 306 g/mol. The largest absolute Gasteiger partial charge is 0.240 e. The number of sulfonamides is 1. The van der Waals surface area contributed by atoms with Gasteiger partial charge in [-0.2, -0.15) is 0 Å². The van der Waals surface area contributed by atoms with E-state index in [4.69, 9.17) is 0 Å². The van der Waals surface area contributed by atoms with E-state index in [0.717, 1.165) is 4.47 Å². The van der Waals surface area contributed by atoms with Crippen LogP contribution < -0.4 is 4.72 Å². The molecule has 16 heavy (non-hydrogen) atoms. The lowest BCUT2D eigenvalue weighted by atomic mass is 10.1. The highest BCUT2D eigenvalue weighted by atomic mass is 79.9. The number of hydrogen-bond acceptors (Lipinski definition) is 2. The van der Waals surface area contributed by atoms with Crippen LogP contribution in [0.1, 0.15) is 20.8 Å². The van der Waals surface area contributed by atoms with E-state index in [0.29, 0.717) is 4.90 Å². The van der Waals surface area contributed by atoms with Crippen LogP contribution in [0.4, 0.5) is 0 Å². The van der Waals surface area contributed by atoms with Crippen LogP contribution >= 0.6 is 15.9 Å². The first kappa shape index (κ1) is 13.7. The van der Waals surface area contributed by atoms with Crippen LogP contribution in [0.3, 0.4) is 0 Å². The molecule has 0 bridgehead atoms. The van der Waals surface area contributed by atoms with Gasteiger partial charge >= 0.3 is 0 Å². The normalized spacial score (nSPS) is 14.1. The smallest absolute Gasteiger partial charge is 0.208 e. The van der Waals surface area contributed by atoms with Gasteiger partial charge in [0.2, 0.25) is 10.0 Å². The quantitative estimate of drug-likeness (QED) is 0.930. The van der Waals surface area contributed by atoms with E-state index in [1.807, 2.05) is 20.8 Å². The number of nitrogens with one attached hydrogen (secondary N) is 1. The minimum absolute atomic E-state index is 0.0753. The van der Waals surface area contributed by atoms with Crippen molar-refractivity contribution in [1.29, 1.82) is 0 Å². The molecule has 1 aromatic rings. The molecule has 3 nitrogen and oxygen atoms in total. The third-order valence-electron chi connectivity index (χ3n) is 2.46. The first-order chi connectivity index (χ1) is 7.33. The first-order valence-corrected chi connectivity index (χ1v) is 7.38. The molecule has 1 unspecified atom stereocenters. The maximum atomic E-state index is 11.9. The fourth-order valence-electron chi connectivity index (χ4n) is 1.06. The Bertz CT molecular complexity index is 440. The van der Waals surface area contributed by atoms with Crippen LogP contribution in [0.2, 0.25) is 0 Å². The Labute approximate surface area is 105 Å². The third kappa shape index (κ3) is 3.57. The second kappa shape index (κ2) is 5.29. The molecule has 90 valence electrons. The van der Waals surface area contributed by atoms with Gasteiger partial charge in [0.15, 0.2) is 0 Å². The van der Waals surface area contributed by atoms with Gasteiger partial charge in [0.05, 0.1) is 4.90 Å². The summed E-state index contributed by atoms with van der Waals surface area (Å²) in [5, 5.41) is 0. The van der Waals surface area contributed by atoms with Gasteiger partial charge in [-0.3, -0.25) is 0 Å². The van der Waals surface area contributed by atoms with E-state index in [1.54, 1.807) is 24.3 Å². The Morgan fingerprint density at radius 1 is 1.12 bits per heavy atom. The molecule has 0 radical (unpaired) electrons. The van der Waals surface area contributed by atoms with Crippen molar-refractivity contribution in [2.45, 2.75) is 31.7 Å². The maximum absolute atomic E-state index is 11.9. The Hall–Kier alpha value is -0.390. The minimum Gasteiger partial charge on any atom is -0.208 e. The van der Waals surface area contributed by atoms with Gasteiger partial charge in [0.25, 0.3) is 0 Å². The molecular formula is C11H16BrNO2S. The van der Waals surface area contributed by atoms with Crippen molar-refractivity contribution in [3.8, 4) is 0 Å². The van der Waals surface area contributed by atoms with E-state index in [2.05, 4.69) is 20.7 Å². The lowest BCUT2D eigenvalue weighted by Gasteiger charge is -2.17. The lowest BCUT2D eigenvalue weighted by molar-refractivity contribution is 0.476. The van der Waals surface area contributed by atoms with E-state index >= 15 is 0 Å². The summed E-state index contributed by atoms with van der Waals surface area (Å²) in [5.74, 6) is 0.269. The molecule has 1 aromatic carbocycles. The Balaban J connectivity index is 2.90. The SMILES string of the molecule is CC(C)C(C)NS(=O)(=O)c1ccc(Br)cc1. The van der Waals surface area contributed by atoms with Crippen molar-refractivity contribution in [3.05, 3.63) is 28.7 Å². The van der Waals surface area contributed by atoms with Crippen LogP contribution in [-0.4, -0.2) is 14.5 Å². The molecule has 1 N–H and O–H groups in total. The van der Waals surface area contributed by atoms with Gasteiger partial charge in [-0.05, 0) is 37.1 Å². The third-order valence-corrected chi connectivity index (χ3v) is 4.57. The van der Waals surface area contributed by atoms with Gasteiger partial charge in [-0.25, -0.2) is 13.1 Å². The highest BCUT2D eigenvalue weighted by Gasteiger charge is 2.18. The number of hydrogen-bond donors (Lipinski definition) is 1. The molecule has 0 aliphatic heterocycles. The Morgan fingerprint density at radius 3 is 2.06 bits per heavy atom. The highest BCUT2D eigenvalue weighted by molar-refractivity contribution is 9.10. The number of rotatable bonds is 4. The zero-order valence-corrected chi connectivity index (χ0v) is 12.0. The first-order valence-electron chi connectivity index (χ1n) is 5.11. The summed E-state index contributed by atoms with van der Waals surface area (Å²) in [6, 6.07) is 6.52. The van der Waals surface area contributed by atoms with E-state index in [1.165, 1.54) is 0 Å². The summed E-state index contributed by atoms with van der Waals surface area (Å²) in [5.41, 5.74) is 0. The molecule has 0 spiro atoms. The average Bonchev–Trinajstić information content (AvgIpc) is 2.17. The molecule has 0 heterocycles. The second-order valence-electron chi connectivity index (χ2n) is 4.11. The predicted molar refractivity (Wildman–Crippen MR) is 68.8 cm³/mol. The topological polar surface area (TPSA) is 46.2 Å². The molecule has 0 amide bonds. The monoisotopic (exact) mass is 305 g/mol. The highest BCUT2D eigenvalue weighted by Crippen LogP contribution is 2.15. The van der Waals surface area contributed by atoms with Crippen LogP contribution in [-0.2, 0) is 10.0 Å². The summed E-state index contributed by atoms with van der Waals surface area (Å²) in [4.78, 5) is 0.295. The molecule has 0 aliphatic carbocycles. The van der Waals surface area contributed by atoms with Crippen LogP contribution in [0.25, 0.3) is 0 Å². The maximum Gasteiger partial charge on any atom is 0.240 e. The molecule has 0 aliphatic rings. The van der Waals surface area contributed by atoms with Crippen LogP contribution in [0.15, 0.2) is 33.6 Å².